The Bertz CT molecular complexity index is 702. The van der Waals surface area contributed by atoms with Gasteiger partial charge in [-0.3, -0.25) is 4.79 Å². The fraction of sp³-hybridized carbons (Fsp3) is 0.350. The van der Waals surface area contributed by atoms with Gasteiger partial charge in [0.25, 0.3) is 5.91 Å². The highest BCUT2D eigenvalue weighted by atomic mass is 16.6. The van der Waals surface area contributed by atoms with E-state index in [-0.39, 0.29) is 18.6 Å². The third kappa shape index (κ3) is 5.14. The first-order valence-electron chi connectivity index (χ1n) is 8.56. The van der Waals surface area contributed by atoms with Crippen molar-refractivity contribution in [2.45, 2.75) is 25.8 Å². The van der Waals surface area contributed by atoms with Crippen LogP contribution in [0.4, 0.5) is 0 Å². The molecule has 1 heterocycles. The maximum atomic E-state index is 12.0. The third-order valence-corrected chi connectivity index (χ3v) is 4.00. The zero-order valence-electron chi connectivity index (χ0n) is 14.4. The van der Waals surface area contributed by atoms with Crippen LogP contribution in [0.25, 0.3) is 0 Å². The summed E-state index contributed by atoms with van der Waals surface area (Å²) in [6.45, 7) is 3.06. The molecule has 0 bridgehead atoms. The second-order valence-corrected chi connectivity index (χ2v) is 6.09. The van der Waals surface area contributed by atoms with Gasteiger partial charge in [0, 0.05) is 12.1 Å². The average molecular weight is 341 g/mol. The van der Waals surface area contributed by atoms with Crippen LogP contribution < -0.4 is 19.5 Å². The minimum Gasteiger partial charge on any atom is -0.486 e. The standard InChI is InChI=1S/C20H23NO4/c1-15(7-8-16-5-3-2-4-6-16)21-20(22)14-25-17-9-10-18-19(13-17)24-12-11-23-18/h2-6,9-10,13,15H,7-8,11-12,14H2,1H3,(H,21,22). The summed E-state index contributed by atoms with van der Waals surface area (Å²) in [5.41, 5.74) is 1.27. The molecule has 1 aliphatic heterocycles. The molecule has 1 atom stereocenters. The molecule has 3 rings (SSSR count). The zero-order valence-corrected chi connectivity index (χ0v) is 14.4. The van der Waals surface area contributed by atoms with Crippen LogP contribution in [0.15, 0.2) is 48.5 Å². The molecule has 0 saturated carbocycles. The summed E-state index contributed by atoms with van der Waals surface area (Å²) >= 11 is 0. The van der Waals surface area contributed by atoms with Gasteiger partial charge in [0.2, 0.25) is 0 Å². The first-order valence-corrected chi connectivity index (χ1v) is 8.56. The van der Waals surface area contributed by atoms with Crippen molar-refractivity contribution in [3.8, 4) is 17.2 Å². The summed E-state index contributed by atoms with van der Waals surface area (Å²) in [4.78, 5) is 12.0. The minimum atomic E-state index is -0.129. The van der Waals surface area contributed by atoms with Gasteiger partial charge in [-0.15, -0.1) is 0 Å². The van der Waals surface area contributed by atoms with Crippen LogP contribution in [0, 0.1) is 0 Å². The lowest BCUT2D eigenvalue weighted by Crippen LogP contribution is -2.36. The lowest BCUT2D eigenvalue weighted by Gasteiger charge is -2.19. The summed E-state index contributed by atoms with van der Waals surface area (Å²) in [5, 5.41) is 2.96. The van der Waals surface area contributed by atoms with Gasteiger partial charge < -0.3 is 19.5 Å². The Hall–Kier alpha value is -2.69. The summed E-state index contributed by atoms with van der Waals surface area (Å²) in [7, 11) is 0. The van der Waals surface area contributed by atoms with Crippen molar-refractivity contribution >= 4 is 5.91 Å². The van der Waals surface area contributed by atoms with Gasteiger partial charge in [-0.05, 0) is 37.5 Å². The van der Waals surface area contributed by atoms with E-state index in [4.69, 9.17) is 14.2 Å². The molecule has 1 unspecified atom stereocenters. The van der Waals surface area contributed by atoms with Gasteiger partial charge in [0.15, 0.2) is 18.1 Å². The van der Waals surface area contributed by atoms with Crippen molar-refractivity contribution in [2.75, 3.05) is 19.8 Å². The molecule has 25 heavy (non-hydrogen) atoms. The monoisotopic (exact) mass is 341 g/mol. The van der Waals surface area contributed by atoms with Gasteiger partial charge in [-0.25, -0.2) is 0 Å². The molecule has 132 valence electrons. The molecule has 2 aromatic rings. The number of hydrogen-bond acceptors (Lipinski definition) is 4. The number of nitrogens with one attached hydrogen (secondary N) is 1. The fourth-order valence-electron chi connectivity index (χ4n) is 2.68. The molecule has 1 N–H and O–H groups in total. The Morgan fingerprint density at radius 3 is 2.68 bits per heavy atom. The van der Waals surface area contributed by atoms with Crippen LogP contribution in [0.2, 0.25) is 0 Å². The van der Waals surface area contributed by atoms with Gasteiger partial charge >= 0.3 is 0 Å². The number of amides is 1. The van der Waals surface area contributed by atoms with Crippen LogP contribution in [0.3, 0.4) is 0 Å². The quantitative estimate of drug-likeness (QED) is 0.841. The lowest BCUT2D eigenvalue weighted by atomic mass is 10.1. The number of fused-ring (bicyclic) bond motifs is 1. The third-order valence-electron chi connectivity index (χ3n) is 4.00. The highest BCUT2D eigenvalue weighted by molar-refractivity contribution is 5.77. The van der Waals surface area contributed by atoms with E-state index in [2.05, 4.69) is 17.4 Å². The number of carbonyl (C=O) groups excluding carboxylic acids is 1. The van der Waals surface area contributed by atoms with Gasteiger partial charge in [0.1, 0.15) is 19.0 Å². The van der Waals surface area contributed by atoms with Crippen molar-refractivity contribution < 1.29 is 19.0 Å². The smallest absolute Gasteiger partial charge is 0.258 e. The zero-order chi connectivity index (χ0) is 17.5. The molecule has 0 aliphatic carbocycles. The molecule has 0 saturated heterocycles. The maximum absolute atomic E-state index is 12.0. The number of ether oxygens (including phenoxy) is 3. The second-order valence-electron chi connectivity index (χ2n) is 6.09. The van der Waals surface area contributed by atoms with Gasteiger partial charge in [0.05, 0.1) is 0 Å². The molecule has 5 nitrogen and oxygen atoms in total. The Labute approximate surface area is 147 Å². The molecular weight excluding hydrogens is 318 g/mol. The number of benzene rings is 2. The summed E-state index contributed by atoms with van der Waals surface area (Å²) in [6, 6.07) is 15.7. The number of hydrogen-bond donors (Lipinski definition) is 1. The maximum Gasteiger partial charge on any atom is 0.258 e. The Balaban J connectivity index is 1.41. The minimum absolute atomic E-state index is 0.0185. The number of carbonyl (C=O) groups is 1. The van der Waals surface area contributed by atoms with E-state index in [1.807, 2.05) is 25.1 Å². The van der Waals surface area contributed by atoms with Crippen molar-refractivity contribution in [1.82, 2.24) is 5.32 Å². The second kappa shape index (κ2) is 8.42. The largest absolute Gasteiger partial charge is 0.486 e. The van der Waals surface area contributed by atoms with Crippen molar-refractivity contribution in [2.24, 2.45) is 0 Å². The lowest BCUT2D eigenvalue weighted by molar-refractivity contribution is -0.123. The van der Waals surface area contributed by atoms with E-state index < -0.39 is 0 Å². The van der Waals surface area contributed by atoms with E-state index in [0.29, 0.717) is 30.5 Å². The van der Waals surface area contributed by atoms with Gasteiger partial charge in [-0.1, -0.05) is 30.3 Å². The molecule has 0 aromatic heterocycles. The highest BCUT2D eigenvalue weighted by Crippen LogP contribution is 2.33. The van der Waals surface area contributed by atoms with Gasteiger partial charge in [-0.2, -0.15) is 0 Å². The molecule has 0 spiro atoms. The SMILES string of the molecule is CC(CCc1ccccc1)NC(=O)COc1ccc2c(c1)OCCO2. The van der Waals surface area contributed by atoms with E-state index in [9.17, 15) is 4.79 Å². The molecule has 1 aliphatic rings. The molecule has 5 heteroatoms. The predicted molar refractivity (Wildman–Crippen MR) is 95.3 cm³/mol. The topological polar surface area (TPSA) is 56.8 Å². The summed E-state index contributed by atoms with van der Waals surface area (Å²) in [5.74, 6) is 1.82. The molecule has 0 fully saturated rings. The van der Waals surface area contributed by atoms with Crippen LogP contribution in [-0.2, 0) is 11.2 Å². The molecule has 1 amide bonds. The van der Waals surface area contributed by atoms with E-state index >= 15 is 0 Å². The fourth-order valence-corrected chi connectivity index (χ4v) is 2.68. The van der Waals surface area contributed by atoms with E-state index in [1.54, 1.807) is 18.2 Å². The Kier molecular flexibility index (Phi) is 5.77. The Morgan fingerprint density at radius 2 is 1.88 bits per heavy atom. The summed E-state index contributed by atoms with van der Waals surface area (Å²) in [6.07, 6.45) is 1.82. The van der Waals surface area contributed by atoms with Crippen LogP contribution in [-0.4, -0.2) is 31.8 Å². The van der Waals surface area contributed by atoms with E-state index in [0.717, 1.165) is 12.8 Å². The predicted octanol–water partition coefficient (Wildman–Crippen LogP) is 2.97. The molecular formula is C20H23NO4. The summed E-state index contributed by atoms with van der Waals surface area (Å²) < 4.78 is 16.5. The highest BCUT2D eigenvalue weighted by Gasteiger charge is 2.13. The number of aryl methyl sites for hydroxylation is 1. The Morgan fingerprint density at radius 1 is 1.12 bits per heavy atom. The molecule has 2 aromatic carbocycles. The first kappa shape index (κ1) is 17.1. The first-order chi connectivity index (χ1) is 12.2. The van der Waals surface area contributed by atoms with Crippen LogP contribution in [0.1, 0.15) is 18.9 Å². The van der Waals surface area contributed by atoms with Crippen molar-refractivity contribution in [1.29, 1.82) is 0 Å². The normalized spacial score (nSPS) is 13.8. The van der Waals surface area contributed by atoms with Crippen LogP contribution >= 0.6 is 0 Å². The average Bonchev–Trinajstić information content (AvgIpc) is 2.65. The molecule has 0 radical (unpaired) electrons. The van der Waals surface area contributed by atoms with Crippen molar-refractivity contribution in [3.63, 3.8) is 0 Å². The van der Waals surface area contributed by atoms with Crippen LogP contribution in [0.5, 0.6) is 17.2 Å². The van der Waals surface area contributed by atoms with E-state index in [1.165, 1.54) is 5.56 Å². The van der Waals surface area contributed by atoms with Crippen molar-refractivity contribution in [3.05, 3.63) is 54.1 Å². The number of rotatable bonds is 7.